The Morgan fingerprint density at radius 1 is 1.41 bits per heavy atom. The van der Waals surface area contributed by atoms with Gasteiger partial charge in [0.1, 0.15) is 5.54 Å². The molecule has 0 unspecified atom stereocenters. The zero-order chi connectivity index (χ0) is 13.1. The van der Waals surface area contributed by atoms with Gasteiger partial charge < -0.3 is 20.5 Å². The van der Waals surface area contributed by atoms with Crippen LogP contribution >= 0.6 is 0 Å². The van der Waals surface area contributed by atoms with Gasteiger partial charge in [-0.15, -0.1) is 0 Å². The molecule has 1 aliphatic carbocycles. The molecule has 0 aromatic rings. The van der Waals surface area contributed by atoms with Gasteiger partial charge >= 0.3 is 12.0 Å². The minimum Gasteiger partial charge on any atom is -0.480 e. The van der Waals surface area contributed by atoms with Crippen molar-refractivity contribution in [2.75, 3.05) is 13.7 Å². The van der Waals surface area contributed by atoms with Gasteiger partial charge in [-0.05, 0) is 33.1 Å². The van der Waals surface area contributed by atoms with Crippen LogP contribution in [0.25, 0.3) is 0 Å². The molecule has 6 nitrogen and oxygen atoms in total. The number of hydrogen-bond acceptors (Lipinski definition) is 3. The summed E-state index contributed by atoms with van der Waals surface area (Å²) in [6, 6.07) is -0.485. The Kier molecular flexibility index (Phi) is 3.98. The van der Waals surface area contributed by atoms with Gasteiger partial charge in [0.25, 0.3) is 0 Å². The van der Waals surface area contributed by atoms with Crippen molar-refractivity contribution < 1.29 is 19.4 Å². The molecule has 6 heteroatoms. The lowest BCUT2D eigenvalue weighted by Gasteiger charge is -2.40. The highest BCUT2D eigenvalue weighted by Crippen LogP contribution is 2.34. The zero-order valence-corrected chi connectivity index (χ0v) is 10.5. The van der Waals surface area contributed by atoms with E-state index >= 15 is 0 Å². The van der Waals surface area contributed by atoms with Crippen molar-refractivity contribution in [3.63, 3.8) is 0 Å². The van der Waals surface area contributed by atoms with E-state index < -0.39 is 17.5 Å². The van der Waals surface area contributed by atoms with E-state index in [-0.39, 0.29) is 5.60 Å². The number of amides is 2. The number of carboxylic acids is 1. The highest BCUT2D eigenvalue weighted by Gasteiger charge is 2.37. The summed E-state index contributed by atoms with van der Waals surface area (Å²) < 4.78 is 5.34. The van der Waals surface area contributed by atoms with Crippen molar-refractivity contribution in [1.29, 1.82) is 0 Å². The molecule has 0 saturated heterocycles. The van der Waals surface area contributed by atoms with Crippen LogP contribution in [0.1, 0.15) is 33.1 Å². The fourth-order valence-electron chi connectivity index (χ4n) is 1.65. The van der Waals surface area contributed by atoms with Crippen molar-refractivity contribution >= 4 is 12.0 Å². The summed E-state index contributed by atoms with van der Waals surface area (Å²) in [7, 11) is 1.62. The summed E-state index contributed by atoms with van der Waals surface area (Å²) in [4.78, 5) is 22.3. The van der Waals surface area contributed by atoms with E-state index in [4.69, 9.17) is 9.84 Å². The van der Waals surface area contributed by atoms with E-state index in [0.29, 0.717) is 6.54 Å². The van der Waals surface area contributed by atoms with Gasteiger partial charge in [-0.25, -0.2) is 9.59 Å². The third-order valence-corrected chi connectivity index (χ3v) is 3.23. The van der Waals surface area contributed by atoms with Crippen LogP contribution < -0.4 is 10.6 Å². The molecule has 0 radical (unpaired) electrons. The molecule has 1 aliphatic rings. The van der Waals surface area contributed by atoms with Crippen LogP contribution in [0.15, 0.2) is 0 Å². The number of nitrogens with one attached hydrogen (secondary N) is 2. The van der Waals surface area contributed by atoms with E-state index in [1.54, 1.807) is 7.11 Å². The monoisotopic (exact) mass is 244 g/mol. The topological polar surface area (TPSA) is 87.7 Å². The fraction of sp³-hybridized carbons (Fsp3) is 0.818. The maximum Gasteiger partial charge on any atom is 0.328 e. The number of urea groups is 1. The standard InChI is InChI=1S/C11H20N2O4/c1-10(2,8(14)15)13-9(16)12-7-11(17-3)5-4-6-11/h4-7H2,1-3H3,(H,14,15)(H2,12,13,16). The second-order valence-corrected chi connectivity index (χ2v) is 4.98. The number of carbonyl (C=O) groups excluding carboxylic acids is 1. The lowest BCUT2D eigenvalue weighted by molar-refractivity contribution is -0.142. The molecular weight excluding hydrogens is 224 g/mol. The molecule has 0 atom stereocenters. The highest BCUT2D eigenvalue weighted by atomic mass is 16.5. The first-order chi connectivity index (χ1) is 7.81. The van der Waals surface area contributed by atoms with Gasteiger partial charge in [-0.3, -0.25) is 0 Å². The van der Waals surface area contributed by atoms with E-state index in [1.807, 2.05) is 0 Å². The quantitative estimate of drug-likeness (QED) is 0.665. The number of carbonyl (C=O) groups is 2. The Bertz CT molecular complexity index is 305. The van der Waals surface area contributed by atoms with Crippen molar-refractivity contribution in [3.05, 3.63) is 0 Å². The van der Waals surface area contributed by atoms with Crippen LogP contribution in [0, 0.1) is 0 Å². The van der Waals surface area contributed by atoms with Gasteiger partial charge in [0.05, 0.1) is 5.60 Å². The lowest BCUT2D eigenvalue weighted by Crippen LogP contribution is -2.56. The van der Waals surface area contributed by atoms with Crippen LogP contribution in [0.5, 0.6) is 0 Å². The molecular formula is C11H20N2O4. The van der Waals surface area contributed by atoms with Crippen LogP contribution in [0.2, 0.25) is 0 Å². The van der Waals surface area contributed by atoms with Gasteiger partial charge in [0.2, 0.25) is 0 Å². The number of aliphatic carboxylic acids is 1. The number of methoxy groups -OCH3 is 1. The number of hydrogen-bond donors (Lipinski definition) is 3. The normalized spacial score (nSPS) is 18.1. The predicted octanol–water partition coefficient (Wildman–Crippen LogP) is 0.718. The van der Waals surface area contributed by atoms with Gasteiger partial charge in [-0.2, -0.15) is 0 Å². The number of ether oxygens (including phenoxy) is 1. The average molecular weight is 244 g/mol. The Balaban J connectivity index is 2.38. The Morgan fingerprint density at radius 2 is 2.00 bits per heavy atom. The first-order valence-corrected chi connectivity index (χ1v) is 5.66. The summed E-state index contributed by atoms with van der Waals surface area (Å²) in [5.41, 5.74) is -1.53. The number of rotatable bonds is 5. The van der Waals surface area contributed by atoms with Crippen molar-refractivity contribution in [2.45, 2.75) is 44.2 Å². The van der Waals surface area contributed by atoms with Crippen LogP contribution in [-0.2, 0) is 9.53 Å². The molecule has 98 valence electrons. The minimum absolute atomic E-state index is 0.259. The Hall–Kier alpha value is -1.30. The fourth-order valence-corrected chi connectivity index (χ4v) is 1.65. The summed E-state index contributed by atoms with van der Waals surface area (Å²) in [6.45, 7) is 3.28. The Labute approximate surface area is 101 Å². The van der Waals surface area contributed by atoms with Crippen molar-refractivity contribution in [2.24, 2.45) is 0 Å². The van der Waals surface area contributed by atoms with E-state index in [2.05, 4.69) is 10.6 Å². The lowest BCUT2D eigenvalue weighted by atomic mass is 9.80. The molecule has 1 fully saturated rings. The average Bonchev–Trinajstić information content (AvgIpc) is 2.15. The Morgan fingerprint density at radius 3 is 2.35 bits per heavy atom. The molecule has 1 saturated carbocycles. The third kappa shape index (κ3) is 3.33. The molecule has 0 aromatic carbocycles. The van der Waals surface area contributed by atoms with Crippen LogP contribution in [0.3, 0.4) is 0 Å². The van der Waals surface area contributed by atoms with E-state index in [1.165, 1.54) is 13.8 Å². The number of carboxylic acid groups (broad SMARTS) is 1. The summed E-state index contributed by atoms with van der Waals surface area (Å²) in [5.74, 6) is -1.07. The molecule has 17 heavy (non-hydrogen) atoms. The minimum atomic E-state index is -1.27. The summed E-state index contributed by atoms with van der Waals surface area (Å²) in [6.07, 6.45) is 2.94. The second kappa shape index (κ2) is 4.91. The molecule has 3 N–H and O–H groups in total. The molecule has 0 spiro atoms. The molecule has 0 heterocycles. The maximum atomic E-state index is 11.5. The van der Waals surface area contributed by atoms with Gasteiger partial charge in [0, 0.05) is 13.7 Å². The van der Waals surface area contributed by atoms with E-state index in [9.17, 15) is 9.59 Å². The smallest absolute Gasteiger partial charge is 0.328 e. The summed E-state index contributed by atoms with van der Waals surface area (Å²) in [5, 5.41) is 13.9. The zero-order valence-electron chi connectivity index (χ0n) is 10.5. The van der Waals surface area contributed by atoms with Gasteiger partial charge in [-0.1, -0.05) is 0 Å². The molecule has 0 aliphatic heterocycles. The third-order valence-electron chi connectivity index (χ3n) is 3.23. The molecule has 0 bridgehead atoms. The predicted molar refractivity (Wildman–Crippen MR) is 61.8 cm³/mol. The molecule has 0 aromatic heterocycles. The highest BCUT2D eigenvalue weighted by molar-refractivity contribution is 5.85. The maximum absolute atomic E-state index is 11.5. The summed E-state index contributed by atoms with van der Waals surface area (Å²) >= 11 is 0. The van der Waals surface area contributed by atoms with Crippen LogP contribution in [0.4, 0.5) is 4.79 Å². The SMILES string of the molecule is COC1(CNC(=O)NC(C)(C)C(=O)O)CCC1. The second-order valence-electron chi connectivity index (χ2n) is 4.98. The largest absolute Gasteiger partial charge is 0.480 e. The molecule has 2 amide bonds. The van der Waals surface area contributed by atoms with Crippen molar-refractivity contribution in [3.8, 4) is 0 Å². The van der Waals surface area contributed by atoms with Gasteiger partial charge in [0.15, 0.2) is 0 Å². The molecule has 1 rings (SSSR count). The first-order valence-electron chi connectivity index (χ1n) is 5.66. The van der Waals surface area contributed by atoms with E-state index in [0.717, 1.165) is 19.3 Å². The first kappa shape index (κ1) is 13.8. The van der Waals surface area contributed by atoms with Crippen molar-refractivity contribution in [1.82, 2.24) is 10.6 Å². The van der Waals surface area contributed by atoms with Crippen LogP contribution in [-0.4, -0.2) is 41.9 Å².